The third-order valence-electron chi connectivity index (χ3n) is 6.62. The van der Waals surface area contributed by atoms with Crippen molar-refractivity contribution in [3.05, 3.63) is 96.1 Å². The predicted octanol–water partition coefficient (Wildman–Crippen LogP) is 8.29. The average Bonchev–Trinajstić information content (AvgIpc) is 3.58. The second kappa shape index (κ2) is 11.5. The number of carbonyl (C=O) groups is 2. The highest BCUT2D eigenvalue weighted by Crippen LogP contribution is 2.45. The average molecular weight is 646 g/mol. The van der Waals surface area contributed by atoms with Gasteiger partial charge in [0.25, 0.3) is 5.91 Å². The van der Waals surface area contributed by atoms with Gasteiger partial charge in [-0.25, -0.2) is 4.98 Å². The molecule has 212 valence electrons. The Labute approximate surface area is 260 Å². The first-order chi connectivity index (χ1) is 19.3. The minimum absolute atomic E-state index is 0.00241. The van der Waals surface area contributed by atoms with Crippen molar-refractivity contribution in [2.24, 2.45) is 0 Å². The van der Waals surface area contributed by atoms with Crippen LogP contribution in [0.3, 0.4) is 0 Å². The molecule has 0 saturated heterocycles. The number of thioether (sulfide) groups is 1. The van der Waals surface area contributed by atoms with Crippen LogP contribution >= 0.6 is 57.6 Å². The van der Waals surface area contributed by atoms with E-state index in [0.29, 0.717) is 36.3 Å². The van der Waals surface area contributed by atoms with Crippen molar-refractivity contribution in [3.63, 3.8) is 0 Å². The van der Waals surface area contributed by atoms with E-state index in [1.807, 2.05) is 37.3 Å². The fourth-order valence-electron chi connectivity index (χ4n) is 4.52. The first-order valence-electron chi connectivity index (χ1n) is 12.6. The molecule has 0 radical (unpaired) electrons. The molecule has 0 aliphatic carbocycles. The number of aliphatic hydroxyl groups excluding tert-OH is 1. The second-order valence-electron chi connectivity index (χ2n) is 10.6. The van der Waals surface area contributed by atoms with E-state index in [1.165, 1.54) is 39.3 Å². The standard InChI is InChI=1S/C29H26Cl2N4O3S3/c1-14-25(40-15(2)32-14)23(36)21-22(16-6-9-18(10-7-16)29(3,4)5)35(26(38)24(21)37)27-33-34-28(41-27)39-13-17-8-11-19(30)12-20(17)31/h6-12,22,37H,13H2,1-5H3. The molecule has 1 unspecified atom stereocenters. The highest BCUT2D eigenvalue weighted by Gasteiger charge is 2.46. The van der Waals surface area contributed by atoms with Crippen molar-refractivity contribution in [2.75, 3.05) is 4.90 Å². The number of hydrogen-bond acceptors (Lipinski definition) is 9. The Hall–Kier alpha value is -2.76. The molecule has 0 saturated carbocycles. The molecule has 5 rings (SSSR count). The van der Waals surface area contributed by atoms with Gasteiger partial charge in [0, 0.05) is 15.8 Å². The summed E-state index contributed by atoms with van der Waals surface area (Å²) in [6, 6.07) is 12.2. The number of rotatable bonds is 7. The number of carbonyl (C=O) groups excluding carboxylic acids is 2. The molecule has 2 aromatic heterocycles. The molecule has 1 aliphatic rings. The van der Waals surface area contributed by atoms with Gasteiger partial charge < -0.3 is 5.11 Å². The van der Waals surface area contributed by atoms with Gasteiger partial charge in [-0.1, -0.05) is 97.4 Å². The van der Waals surface area contributed by atoms with Crippen LogP contribution < -0.4 is 4.90 Å². The molecule has 41 heavy (non-hydrogen) atoms. The van der Waals surface area contributed by atoms with Crippen LogP contribution in [-0.2, 0) is 16.0 Å². The van der Waals surface area contributed by atoms with Crippen molar-refractivity contribution in [2.45, 2.75) is 56.2 Å². The van der Waals surface area contributed by atoms with Crippen LogP contribution in [0.4, 0.5) is 5.13 Å². The number of Topliss-reactive ketones (excluding diaryl/α,β-unsaturated/α-hetero) is 1. The van der Waals surface area contributed by atoms with E-state index in [1.54, 1.807) is 19.1 Å². The van der Waals surface area contributed by atoms with Crippen molar-refractivity contribution in [3.8, 4) is 0 Å². The monoisotopic (exact) mass is 644 g/mol. The number of anilines is 1. The molecule has 12 heteroatoms. The van der Waals surface area contributed by atoms with Crippen LogP contribution in [0.5, 0.6) is 0 Å². The number of aromatic nitrogens is 3. The van der Waals surface area contributed by atoms with Crippen molar-refractivity contribution >= 4 is 74.5 Å². The number of nitrogens with zero attached hydrogens (tertiary/aromatic N) is 4. The maximum Gasteiger partial charge on any atom is 0.296 e. The normalized spacial score (nSPS) is 15.7. The largest absolute Gasteiger partial charge is 0.503 e. The molecule has 2 aromatic carbocycles. The number of amides is 1. The SMILES string of the molecule is Cc1nc(C)c(C(=O)C2=C(O)C(=O)N(c3nnc(SCc4ccc(Cl)cc4Cl)s3)C2c2ccc(C(C)(C)C)cc2)s1. The topological polar surface area (TPSA) is 96.3 Å². The van der Waals surface area contributed by atoms with E-state index in [-0.39, 0.29) is 16.1 Å². The fraction of sp³-hybridized carbons (Fsp3) is 0.276. The summed E-state index contributed by atoms with van der Waals surface area (Å²) < 4.78 is 0.605. The number of aliphatic hydroxyl groups is 1. The molecule has 7 nitrogen and oxygen atoms in total. The molecule has 1 aliphatic heterocycles. The van der Waals surface area contributed by atoms with Crippen molar-refractivity contribution in [1.29, 1.82) is 0 Å². The first-order valence-corrected chi connectivity index (χ1v) is 16.0. The summed E-state index contributed by atoms with van der Waals surface area (Å²) in [5.41, 5.74) is 3.13. The Kier molecular flexibility index (Phi) is 8.33. The van der Waals surface area contributed by atoms with Crippen molar-refractivity contribution in [1.82, 2.24) is 15.2 Å². The molecule has 1 N–H and O–H groups in total. The maximum absolute atomic E-state index is 13.9. The summed E-state index contributed by atoms with van der Waals surface area (Å²) in [6.45, 7) is 9.90. The van der Waals surface area contributed by atoms with E-state index in [0.717, 1.165) is 16.1 Å². The smallest absolute Gasteiger partial charge is 0.296 e. The number of hydrogen-bond donors (Lipinski definition) is 1. The maximum atomic E-state index is 13.9. The van der Waals surface area contributed by atoms with Gasteiger partial charge in [0.15, 0.2) is 10.1 Å². The van der Waals surface area contributed by atoms with Crippen LogP contribution in [0, 0.1) is 13.8 Å². The summed E-state index contributed by atoms with van der Waals surface area (Å²) in [4.78, 5) is 33.6. The van der Waals surface area contributed by atoms with Gasteiger partial charge in [-0.3, -0.25) is 14.5 Å². The van der Waals surface area contributed by atoms with Crippen LogP contribution in [0.2, 0.25) is 10.0 Å². The summed E-state index contributed by atoms with van der Waals surface area (Å²) in [6.07, 6.45) is 0. The van der Waals surface area contributed by atoms with Crippen LogP contribution in [0.25, 0.3) is 0 Å². The Morgan fingerprint density at radius 2 is 1.78 bits per heavy atom. The highest BCUT2D eigenvalue weighted by atomic mass is 35.5. The molecular weight excluding hydrogens is 619 g/mol. The number of ketones is 1. The minimum Gasteiger partial charge on any atom is -0.503 e. The van der Waals surface area contributed by atoms with Crippen LogP contribution in [-0.4, -0.2) is 32.0 Å². The second-order valence-corrected chi connectivity index (χ2v) is 14.8. The lowest BCUT2D eigenvalue weighted by atomic mass is 9.85. The zero-order chi connectivity index (χ0) is 29.6. The Morgan fingerprint density at radius 1 is 1.07 bits per heavy atom. The zero-order valence-corrected chi connectivity index (χ0v) is 26.8. The number of halogens is 2. The predicted molar refractivity (Wildman–Crippen MR) is 167 cm³/mol. The van der Waals surface area contributed by atoms with E-state index in [2.05, 4.69) is 36.0 Å². The number of thiazole rings is 1. The van der Waals surface area contributed by atoms with Crippen molar-refractivity contribution < 1.29 is 14.7 Å². The highest BCUT2D eigenvalue weighted by molar-refractivity contribution is 8.00. The lowest BCUT2D eigenvalue weighted by Gasteiger charge is -2.25. The van der Waals surface area contributed by atoms with Gasteiger partial charge in [0.05, 0.1) is 27.2 Å². The molecule has 1 atom stereocenters. The molecule has 3 heterocycles. The summed E-state index contributed by atoms with van der Waals surface area (Å²) in [7, 11) is 0. The molecule has 4 aromatic rings. The molecule has 0 spiro atoms. The van der Waals surface area contributed by atoms with Gasteiger partial charge in [-0.05, 0) is 48.1 Å². The quantitative estimate of drug-likeness (QED) is 0.123. The fourth-order valence-corrected chi connectivity index (χ4v) is 7.82. The number of aryl methyl sites for hydroxylation is 2. The molecule has 1 amide bonds. The third kappa shape index (κ3) is 5.94. The lowest BCUT2D eigenvalue weighted by molar-refractivity contribution is -0.117. The summed E-state index contributed by atoms with van der Waals surface area (Å²) >= 11 is 16.2. The zero-order valence-electron chi connectivity index (χ0n) is 22.9. The summed E-state index contributed by atoms with van der Waals surface area (Å²) in [5, 5.41) is 21.8. The van der Waals surface area contributed by atoms with Gasteiger partial charge >= 0.3 is 0 Å². The Bertz CT molecular complexity index is 1690. The van der Waals surface area contributed by atoms with Crippen LogP contribution in [0.1, 0.15) is 63.9 Å². The van der Waals surface area contributed by atoms with E-state index < -0.39 is 23.5 Å². The van der Waals surface area contributed by atoms with Gasteiger partial charge in [-0.15, -0.1) is 21.5 Å². The molecular formula is C29H26Cl2N4O3S3. The van der Waals surface area contributed by atoms with E-state index >= 15 is 0 Å². The van der Waals surface area contributed by atoms with Gasteiger partial charge in [-0.2, -0.15) is 0 Å². The van der Waals surface area contributed by atoms with Crippen LogP contribution in [0.15, 0.2) is 58.1 Å². The third-order valence-corrected chi connectivity index (χ3v) is 10.4. The van der Waals surface area contributed by atoms with E-state index in [9.17, 15) is 14.7 Å². The van der Waals surface area contributed by atoms with Gasteiger partial charge in [0.1, 0.15) is 0 Å². The minimum atomic E-state index is -0.887. The lowest BCUT2D eigenvalue weighted by Crippen LogP contribution is -2.31. The molecule has 0 bridgehead atoms. The Balaban J connectivity index is 1.52. The summed E-state index contributed by atoms with van der Waals surface area (Å²) in [5.74, 6) is -1.20. The van der Waals surface area contributed by atoms with Gasteiger partial charge in [0.2, 0.25) is 10.9 Å². The first kappa shape index (κ1) is 29.7. The number of benzene rings is 2. The Morgan fingerprint density at radius 3 is 2.39 bits per heavy atom. The molecule has 0 fully saturated rings. The van der Waals surface area contributed by atoms with E-state index in [4.69, 9.17) is 23.2 Å².